The molecule has 2 aromatic rings. The van der Waals surface area contributed by atoms with Crippen molar-refractivity contribution in [1.29, 1.82) is 0 Å². The van der Waals surface area contributed by atoms with E-state index in [2.05, 4.69) is 38.1 Å². The first-order chi connectivity index (χ1) is 10.5. The van der Waals surface area contributed by atoms with Crippen molar-refractivity contribution in [3.8, 4) is 0 Å². The highest BCUT2D eigenvalue weighted by Gasteiger charge is 2.14. The first kappa shape index (κ1) is 16.1. The minimum absolute atomic E-state index is 0.162. The molecule has 0 saturated carbocycles. The number of hydrogen-bond donors (Lipinski definition) is 1. The van der Waals surface area contributed by atoms with Gasteiger partial charge >= 0.3 is 0 Å². The summed E-state index contributed by atoms with van der Waals surface area (Å²) in [7, 11) is 0. The van der Waals surface area contributed by atoms with Crippen molar-refractivity contribution >= 4 is 6.21 Å². The molecule has 2 heterocycles. The van der Waals surface area contributed by atoms with Crippen LogP contribution in [0.4, 0.5) is 0 Å². The molecule has 0 saturated heterocycles. The lowest BCUT2D eigenvalue weighted by Crippen LogP contribution is -2.40. The average Bonchev–Trinajstić information content (AvgIpc) is 2.49. The Morgan fingerprint density at radius 1 is 1.00 bits per heavy atom. The van der Waals surface area contributed by atoms with Gasteiger partial charge in [0.15, 0.2) is 24.8 Å². The van der Waals surface area contributed by atoms with Gasteiger partial charge in [0.05, 0.1) is 6.21 Å². The second-order valence-electron chi connectivity index (χ2n) is 6.20. The maximum atomic E-state index is 8.46. The predicted octanol–water partition coefficient (Wildman–Crippen LogP) is 2.00. The van der Waals surface area contributed by atoms with Gasteiger partial charge in [-0.1, -0.05) is 25.9 Å². The predicted molar refractivity (Wildman–Crippen MR) is 82.4 cm³/mol. The molecule has 1 N–H and O–H groups in total. The van der Waals surface area contributed by atoms with Crippen molar-refractivity contribution in [2.45, 2.75) is 39.6 Å². The highest BCUT2D eigenvalue weighted by molar-refractivity contribution is 5.78. The Balaban J connectivity index is 1.85. The summed E-state index contributed by atoms with van der Waals surface area (Å²) in [5.41, 5.74) is 2.31. The van der Waals surface area contributed by atoms with Gasteiger partial charge in [0, 0.05) is 29.8 Å². The number of rotatable bonds is 5. The van der Waals surface area contributed by atoms with E-state index in [0.29, 0.717) is 13.5 Å². The number of hydrogen-bond acceptors (Lipinski definition) is 3. The van der Waals surface area contributed by atoms with Gasteiger partial charge in [-0.3, -0.25) is 4.74 Å². The Morgan fingerprint density at radius 3 is 1.95 bits per heavy atom. The summed E-state index contributed by atoms with van der Waals surface area (Å²) in [6, 6.07) is 7.96. The topological polar surface area (TPSA) is 49.6 Å². The lowest BCUT2D eigenvalue weighted by molar-refractivity contribution is -0.788. The Bertz CT molecular complexity index is 614. The summed E-state index contributed by atoms with van der Waals surface area (Å²) in [6.07, 6.45) is 9.21. The van der Waals surface area contributed by atoms with Crippen molar-refractivity contribution in [2.75, 3.05) is 0 Å². The second-order valence-corrected chi connectivity index (χ2v) is 6.20. The van der Waals surface area contributed by atoms with Crippen LogP contribution in [0.15, 0.2) is 54.2 Å². The lowest BCUT2D eigenvalue weighted by atomic mass is 9.88. The molecule has 0 unspecified atom stereocenters. The molecule has 5 heteroatoms. The van der Waals surface area contributed by atoms with Crippen LogP contribution in [-0.4, -0.2) is 11.4 Å². The summed E-state index contributed by atoms with van der Waals surface area (Å²) < 4.78 is 9.59. The smallest absolute Gasteiger partial charge is 0.257 e. The van der Waals surface area contributed by atoms with Gasteiger partial charge in [0.1, 0.15) is 0 Å². The van der Waals surface area contributed by atoms with Crippen LogP contribution in [0.2, 0.25) is 0 Å². The third kappa shape index (κ3) is 4.63. The van der Waals surface area contributed by atoms with E-state index in [4.69, 9.17) is 9.94 Å². The molecule has 2 rings (SSSR count). The second kappa shape index (κ2) is 7.13. The molecule has 2 aromatic heterocycles. The monoisotopic (exact) mass is 301 g/mol. The summed E-state index contributed by atoms with van der Waals surface area (Å²) in [5.74, 6) is 0. The van der Waals surface area contributed by atoms with Crippen LogP contribution in [0.5, 0.6) is 0 Å². The summed E-state index contributed by atoms with van der Waals surface area (Å²) in [5, 5.41) is 11.5. The number of pyridine rings is 2. The fraction of sp³-hybridized carbons (Fsp3) is 0.353. The van der Waals surface area contributed by atoms with E-state index in [-0.39, 0.29) is 5.41 Å². The highest BCUT2D eigenvalue weighted by atomic mass is 16.5. The zero-order valence-corrected chi connectivity index (χ0v) is 13.3. The van der Waals surface area contributed by atoms with E-state index in [9.17, 15) is 0 Å². The molecule has 0 amide bonds. The third-order valence-electron chi connectivity index (χ3n) is 3.36. The van der Waals surface area contributed by atoms with Crippen LogP contribution in [0.25, 0.3) is 0 Å². The van der Waals surface area contributed by atoms with Crippen LogP contribution >= 0.6 is 0 Å². The maximum Gasteiger partial charge on any atom is 0.257 e. The minimum Gasteiger partial charge on any atom is -0.411 e. The maximum absolute atomic E-state index is 8.46. The van der Waals surface area contributed by atoms with Crippen molar-refractivity contribution in [1.82, 2.24) is 0 Å². The molecule has 5 nitrogen and oxygen atoms in total. The van der Waals surface area contributed by atoms with Crippen LogP contribution in [0.3, 0.4) is 0 Å². The standard InChI is InChI=1S/C17H22N3O2/c1-17(2,3)16-6-10-20(11-7-16)14-22-13-19-8-4-15(5-9-19)12-18-21/h4-12H,13-14H2,1-3H3/q+1/p+1. The quantitative estimate of drug-likeness (QED) is 0.397. The summed E-state index contributed by atoms with van der Waals surface area (Å²) >= 11 is 0. The van der Waals surface area contributed by atoms with Gasteiger partial charge in [-0.25, -0.2) is 0 Å². The molecule has 0 aliphatic rings. The van der Waals surface area contributed by atoms with Gasteiger partial charge in [-0.15, -0.1) is 0 Å². The zero-order valence-electron chi connectivity index (χ0n) is 13.3. The van der Waals surface area contributed by atoms with E-state index in [0.717, 1.165) is 5.56 Å². The molecule has 0 spiro atoms. The molecular weight excluding hydrogens is 278 g/mol. The molecule has 0 fully saturated rings. The van der Waals surface area contributed by atoms with Crippen molar-refractivity contribution in [2.24, 2.45) is 5.16 Å². The van der Waals surface area contributed by atoms with E-state index >= 15 is 0 Å². The molecular formula is C17H23N3O2+2. The van der Waals surface area contributed by atoms with E-state index < -0.39 is 0 Å². The average molecular weight is 301 g/mol. The number of oxime groups is 1. The van der Waals surface area contributed by atoms with Gasteiger partial charge < -0.3 is 5.21 Å². The van der Waals surface area contributed by atoms with E-state index in [1.54, 1.807) is 0 Å². The molecule has 22 heavy (non-hydrogen) atoms. The first-order valence-corrected chi connectivity index (χ1v) is 7.23. The molecule has 0 bridgehead atoms. The van der Waals surface area contributed by atoms with Gasteiger partial charge in [-0.2, -0.15) is 9.13 Å². The fourth-order valence-electron chi connectivity index (χ4n) is 2.00. The van der Waals surface area contributed by atoms with Crippen molar-refractivity contribution in [3.05, 3.63) is 60.2 Å². The van der Waals surface area contributed by atoms with Crippen LogP contribution in [0, 0.1) is 0 Å². The van der Waals surface area contributed by atoms with Crippen molar-refractivity contribution in [3.63, 3.8) is 0 Å². The number of aromatic nitrogens is 2. The molecule has 116 valence electrons. The highest BCUT2D eigenvalue weighted by Crippen LogP contribution is 2.20. The molecule has 0 radical (unpaired) electrons. The molecule has 0 aliphatic heterocycles. The fourth-order valence-corrected chi connectivity index (χ4v) is 2.00. The first-order valence-electron chi connectivity index (χ1n) is 7.23. The SMILES string of the molecule is CC(C)(C)c1cc[n+](COC[n+]2ccc(/C=N\O)cc2)cc1. The molecule has 0 aromatic carbocycles. The summed E-state index contributed by atoms with van der Waals surface area (Å²) in [4.78, 5) is 0. The van der Waals surface area contributed by atoms with Crippen LogP contribution in [-0.2, 0) is 23.6 Å². The minimum atomic E-state index is 0.162. The molecule has 0 atom stereocenters. The zero-order chi connectivity index (χ0) is 16.0. The van der Waals surface area contributed by atoms with Crippen molar-refractivity contribution < 1.29 is 19.1 Å². The third-order valence-corrected chi connectivity index (χ3v) is 3.36. The number of nitrogens with zero attached hydrogens (tertiary/aromatic N) is 3. The normalized spacial score (nSPS) is 12.0. The van der Waals surface area contributed by atoms with Crippen LogP contribution in [0.1, 0.15) is 31.9 Å². The molecule has 0 aliphatic carbocycles. The Morgan fingerprint density at radius 2 is 1.50 bits per heavy atom. The van der Waals surface area contributed by atoms with Gasteiger partial charge in [0.25, 0.3) is 13.5 Å². The Hall–Kier alpha value is -2.27. The van der Waals surface area contributed by atoms with Gasteiger partial charge in [-0.05, 0) is 11.0 Å². The summed E-state index contributed by atoms with van der Waals surface area (Å²) in [6.45, 7) is 7.56. The lowest BCUT2D eigenvalue weighted by Gasteiger charge is -2.17. The number of ether oxygens (including phenoxy) is 1. The Kier molecular flexibility index (Phi) is 5.22. The largest absolute Gasteiger partial charge is 0.411 e. The van der Waals surface area contributed by atoms with E-state index in [1.807, 2.05) is 46.1 Å². The van der Waals surface area contributed by atoms with Crippen LogP contribution < -0.4 is 9.13 Å². The van der Waals surface area contributed by atoms with E-state index in [1.165, 1.54) is 11.8 Å². The van der Waals surface area contributed by atoms with Gasteiger partial charge in [0.2, 0.25) is 0 Å². The Labute approximate surface area is 131 Å².